The van der Waals surface area contributed by atoms with Crippen molar-refractivity contribution in [1.29, 1.82) is 0 Å². The quantitative estimate of drug-likeness (QED) is 0.750. The second kappa shape index (κ2) is 8.11. The number of alkyl halides is 2. The highest BCUT2D eigenvalue weighted by atomic mass is 35.5. The summed E-state index contributed by atoms with van der Waals surface area (Å²) < 4.78 is 61.8. The zero-order valence-corrected chi connectivity index (χ0v) is 14.1. The molecule has 0 aromatic heterocycles. The molecule has 6 nitrogen and oxygen atoms in total. The van der Waals surface area contributed by atoms with E-state index in [-0.39, 0.29) is 28.9 Å². The number of methoxy groups -OCH3 is 2. The van der Waals surface area contributed by atoms with Crippen LogP contribution in [0, 0.1) is 0 Å². The summed E-state index contributed by atoms with van der Waals surface area (Å²) in [5, 5.41) is -0.184. The molecule has 0 bridgehead atoms. The van der Waals surface area contributed by atoms with Gasteiger partial charge >= 0.3 is 0 Å². The number of halogens is 4. The Morgan fingerprint density at radius 1 is 1.27 bits per heavy atom. The van der Waals surface area contributed by atoms with Crippen LogP contribution in [0.25, 0.3) is 0 Å². The molecule has 128 valence electrons. The molecule has 1 rings (SSSR count). The summed E-state index contributed by atoms with van der Waals surface area (Å²) in [5.74, 6) is -3.03. The van der Waals surface area contributed by atoms with Crippen molar-refractivity contribution in [3.63, 3.8) is 0 Å². The van der Waals surface area contributed by atoms with E-state index in [2.05, 4.69) is 0 Å². The first-order valence-corrected chi connectivity index (χ1v) is 7.52. The molecule has 0 saturated carbocycles. The number of sulfonamides is 1. The van der Waals surface area contributed by atoms with Gasteiger partial charge in [0.15, 0.2) is 11.5 Å². The molecule has 0 saturated heterocycles. The minimum Gasteiger partial charge on any atom is -0.493 e. The fourth-order valence-corrected chi connectivity index (χ4v) is 2.98. The SMILES string of the molecule is COc1cc(Cl)c(S(=O)(=O)NCC(F)(F)CN)cc1OC.Cl. The second-order valence-electron chi connectivity index (χ2n) is 4.02. The third-order valence-electron chi connectivity index (χ3n) is 2.55. The fraction of sp³-hybridized carbons (Fsp3) is 0.455. The summed E-state index contributed by atoms with van der Waals surface area (Å²) in [4.78, 5) is -0.394. The van der Waals surface area contributed by atoms with Crippen LogP contribution in [0.15, 0.2) is 17.0 Å². The van der Waals surface area contributed by atoms with Gasteiger partial charge in [0.05, 0.1) is 32.3 Å². The number of rotatable bonds is 7. The lowest BCUT2D eigenvalue weighted by molar-refractivity contribution is 0.0170. The molecule has 0 aliphatic rings. The molecule has 0 heterocycles. The van der Waals surface area contributed by atoms with Crippen LogP contribution < -0.4 is 19.9 Å². The van der Waals surface area contributed by atoms with E-state index in [1.54, 1.807) is 4.72 Å². The first kappa shape index (κ1) is 21.1. The van der Waals surface area contributed by atoms with Gasteiger partial charge in [-0.05, 0) is 0 Å². The average Bonchev–Trinajstić information content (AvgIpc) is 2.44. The van der Waals surface area contributed by atoms with Crippen molar-refractivity contribution in [2.45, 2.75) is 10.8 Å². The summed E-state index contributed by atoms with van der Waals surface area (Å²) in [5.41, 5.74) is 4.84. The highest BCUT2D eigenvalue weighted by Gasteiger charge is 2.30. The van der Waals surface area contributed by atoms with Gasteiger partial charge in [0.1, 0.15) is 4.90 Å². The molecule has 0 radical (unpaired) electrons. The molecular weight excluding hydrogens is 365 g/mol. The zero-order valence-electron chi connectivity index (χ0n) is 11.7. The number of ether oxygens (including phenoxy) is 2. The summed E-state index contributed by atoms with van der Waals surface area (Å²) in [6, 6.07) is 2.31. The molecule has 1 aromatic rings. The Bertz CT molecular complexity index is 614. The van der Waals surface area contributed by atoms with Gasteiger partial charge in [0.2, 0.25) is 10.0 Å². The van der Waals surface area contributed by atoms with E-state index in [1.165, 1.54) is 20.3 Å². The number of nitrogens with one attached hydrogen (secondary N) is 1. The fourth-order valence-electron chi connectivity index (χ4n) is 1.39. The molecule has 22 heavy (non-hydrogen) atoms. The van der Waals surface area contributed by atoms with E-state index < -0.39 is 33.9 Å². The Labute approximate surface area is 138 Å². The Morgan fingerprint density at radius 3 is 2.23 bits per heavy atom. The van der Waals surface area contributed by atoms with Crippen LogP contribution in [0.3, 0.4) is 0 Å². The van der Waals surface area contributed by atoms with E-state index in [9.17, 15) is 17.2 Å². The van der Waals surface area contributed by atoms with Crippen LogP contribution in [-0.4, -0.2) is 41.6 Å². The van der Waals surface area contributed by atoms with Crippen molar-refractivity contribution in [3.8, 4) is 11.5 Å². The van der Waals surface area contributed by atoms with Crippen LogP contribution >= 0.6 is 24.0 Å². The standard InChI is InChI=1S/C11H15ClF2N2O4S.ClH/c1-19-8-3-7(12)10(4-9(8)20-2)21(17,18)16-6-11(13,14)5-15;/h3-4,16H,5-6,15H2,1-2H3;1H. The largest absolute Gasteiger partial charge is 0.493 e. The average molecular weight is 381 g/mol. The van der Waals surface area contributed by atoms with Gasteiger partial charge in [0, 0.05) is 12.1 Å². The maximum Gasteiger partial charge on any atom is 0.273 e. The Hall–Kier alpha value is -0.870. The summed E-state index contributed by atoms with van der Waals surface area (Å²) >= 11 is 5.84. The lowest BCUT2D eigenvalue weighted by Crippen LogP contribution is -2.41. The van der Waals surface area contributed by atoms with Crippen molar-refractivity contribution in [1.82, 2.24) is 4.72 Å². The van der Waals surface area contributed by atoms with Crippen LogP contribution in [0.5, 0.6) is 11.5 Å². The third-order valence-corrected chi connectivity index (χ3v) is 4.41. The minimum absolute atomic E-state index is 0. The Balaban J connectivity index is 0.00000441. The maximum atomic E-state index is 13.0. The predicted molar refractivity (Wildman–Crippen MR) is 81.0 cm³/mol. The van der Waals surface area contributed by atoms with Gasteiger partial charge in [-0.25, -0.2) is 21.9 Å². The van der Waals surface area contributed by atoms with Crippen LogP contribution in [-0.2, 0) is 10.0 Å². The molecule has 0 atom stereocenters. The third kappa shape index (κ3) is 5.10. The lowest BCUT2D eigenvalue weighted by Gasteiger charge is -2.16. The van der Waals surface area contributed by atoms with Gasteiger partial charge in [0.25, 0.3) is 5.92 Å². The van der Waals surface area contributed by atoms with Crippen molar-refractivity contribution >= 4 is 34.0 Å². The van der Waals surface area contributed by atoms with E-state index in [0.717, 1.165) is 6.07 Å². The van der Waals surface area contributed by atoms with Gasteiger partial charge in [-0.3, -0.25) is 0 Å². The van der Waals surface area contributed by atoms with E-state index >= 15 is 0 Å². The number of hydrogen-bond donors (Lipinski definition) is 2. The zero-order chi connectivity index (χ0) is 16.3. The Morgan fingerprint density at radius 2 is 1.77 bits per heavy atom. The van der Waals surface area contributed by atoms with E-state index in [1.807, 2.05) is 0 Å². The summed E-state index contributed by atoms with van der Waals surface area (Å²) in [7, 11) is -1.59. The molecule has 1 aromatic carbocycles. The second-order valence-corrected chi connectivity index (χ2v) is 6.16. The monoisotopic (exact) mass is 380 g/mol. The molecule has 0 spiro atoms. The minimum atomic E-state index is -4.24. The normalized spacial score (nSPS) is 11.7. The molecule has 0 aliphatic heterocycles. The van der Waals surface area contributed by atoms with Gasteiger partial charge in [-0.1, -0.05) is 11.6 Å². The molecule has 11 heteroatoms. The summed E-state index contributed by atoms with van der Waals surface area (Å²) in [6.07, 6.45) is 0. The number of hydrogen-bond acceptors (Lipinski definition) is 5. The van der Waals surface area contributed by atoms with Crippen molar-refractivity contribution in [2.24, 2.45) is 5.73 Å². The number of nitrogens with two attached hydrogens (primary N) is 1. The maximum absolute atomic E-state index is 13.0. The van der Waals surface area contributed by atoms with Gasteiger partial charge in [-0.15, -0.1) is 12.4 Å². The topological polar surface area (TPSA) is 90.7 Å². The van der Waals surface area contributed by atoms with Crippen LogP contribution in [0.2, 0.25) is 5.02 Å². The first-order valence-electron chi connectivity index (χ1n) is 5.66. The highest BCUT2D eigenvalue weighted by molar-refractivity contribution is 7.89. The highest BCUT2D eigenvalue weighted by Crippen LogP contribution is 2.35. The van der Waals surface area contributed by atoms with E-state index in [4.69, 9.17) is 26.8 Å². The van der Waals surface area contributed by atoms with Crippen LogP contribution in [0.1, 0.15) is 0 Å². The van der Waals surface area contributed by atoms with Crippen molar-refractivity contribution < 1.29 is 26.7 Å². The number of benzene rings is 1. The van der Waals surface area contributed by atoms with Gasteiger partial charge < -0.3 is 15.2 Å². The summed E-state index contributed by atoms with van der Waals surface area (Å²) in [6.45, 7) is -2.11. The first-order chi connectivity index (χ1) is 9.66. The smallest absolute Gasteiger partial charge is 0.273 e. The molecule has 0 unspecified atom stereocenters. The van der Waals surface area contributed by atoms with Crippen LogP contribution in [0.4, 0.5) is 8.78 Å². The molecule has 3 N–H and O–H groups in total. The van der Waals surface area contributed by atoms with Crippen molar-refractivity contribution in [2.75, 3.05) is 27.3 Å². The van der Waals surface area contributed by atoms with Gasteiger partial charge in [-0.2, -0.15) is 0 Å². The molecule has 0 fully saturated rings. The van der Waals surface area contributed by atoms with E-state index in [0.29, 0.717) is 0 Å². The predicted octanol–water partition coefficient (Wildman–Crippen LogP) is 1.65. The molecule has 0 aliphatic carbocycles. The Kier molecular flexibility index (Phi) is 7.79. The molecular formula is C11H16Cl2F2N2O4S. The lowest BCUT2D eigenvalue weighted by atomic mass is 10.3. The van der Waals surface area contributed by atoms with Crippen molar-refractivity contribution in [3.05, 3.63) is 17.2 Å². The molecule has 0 amide bonds.